The number of carbonyl (C=O) groups excluding carboxylic acids is 2. The van der Waals surface area contributed by atoms with Gasteiger partial charge in [0, 0.05) is 11.4 Å². The van der Waals surface area contributed by atoms with Crippen molar-refractivity contribution in [3.8, 4) is 0 Å². The van der Waals surface area contributed by atoms with Gasteiger partial charge in [0.15, 0.2) is 6.61 Å². The molecule has 132 valence electrons. The van der Waals surface area contributed by atoms with Crippen molar-refractivity contribution >= 4 is 28.4 Å². The molecule has 2 aromatic carbocycles. The number of rotatable bonds is 6. The number of nitrogens with one attached hydrogen (secondary N) is 1. The Kier molecular flexibility index (Phi) is 6.47. The molecule has 0 saturated carbocycles. The van der Waals surface area contributed by atoms with E-state index in [1.807, 2.05) is 32.0 Å². The fourth-order valence-electron chi connectivity index (χ4n) is 2.34. The normalized spacial score (nSPS) is 11.6. The molecule has 25 heavy (non-hydrogen) atoms. The van der Waals surface area contributed by atoms with Crippen LogP contribution in [0.1, 0.15) is 28.4 Å². The van der Waals surface area contributed by atoms with Gasteiger partial charge >= 0.3 is 5.97 Å². The maximum atomic E-state index is 12.2. The topological polar surface area (TPSA) is 72.5 Å². The van der Waals surface area contributed by atoms with Gasteiger partial charge in [0.2, 0.25) is 0 Å². The van der Waals surface area contributed by atoms with Crippen LogP contribution < -0.4 is 5.32 Å². The minimum Gasteiger partial charge on any atom is -0.452 e. The molecule has 1 N–H and O–H groups in total. The van der Waals surface area contributed by atoms with E-state index in [2.05, 4.69) is 5.32 Å². The van der Waals surface area contributed by atoms with Crippen molar-refractivity contribution in [2.75, 3.05) is 17.7 Å². The van der Waals surface area contributed by atoms with E-state index >= 15 is 0 Å². The maximum Gasteiger partial charge on any atom is 0.339 e. The quantitative estimate of drug-likeness (QED) is 0.804. The number of hydrogen-bond acceptors (Lipinski definition) is 4. The van der Waals surface area contributed by atoms with Gasteiger partial charge in [-0.25, -0.2) is 4.79 Å². The Morgan fingerprint density at radius 1 is 1.12 bits per heavy atom. The minimum atomic E-state index is -1.28. The number of hydrogen-bond donors (Lipinski definition) is 1. The average Bonchev–Trinajstić information content (AvgIpc) is 2.61. The van der Waals surface area contributed by atoms with Gasteiger partial charge in [-0.2, -0.15) is 0 Å². The molecule has 1 atom stereocenters. The summed E-state index contributed by atoms with van der Waals surface area (Å²) in [5.41, 5.74) is 2.94. The number of amides is 1. The SMILES string of the molecule is CC[S@](=O)c1ccccc1C(=O)OCC(=O)Nc1ccc(C)cc1C. The third-order valence-electron chi connectivity index (χ3n) is 3.60. The Labute approximate surface area is 149 Å². The Balaban J connectivity index is 2.00. The Hall–Kier alpha value is -2.47. The Morgan fingerprint density at radius 3 is 2.52 bits per heavy atom. The fraction of sp³-hybridized carbons (Fsp3) is 0.263. The highest BCUT2D eigenvalue weighted by Crippen LogP contribution is 2.17. The molecule has 0 saturated heterocycles. The van der Waals surface area contributed by atoms with Gasteiger partial charge < -0.3 is 10.1 Å². The highest BCUT2D eigenvalue weighted by atomic mass is 32.2. The molecule has 2 rings (SSSR count). The third kappa shape index (κ3) is 5.00. The lowest BCUT2D eigenvalue weighted by atomic mass is 10.1. The van der Waals surface area contributed by atoms with Crippen molar-refractivity contribution < 1.29 is 18.5 Å². The molecule has 0 spiro atoms. The van der Waals surface area contributed by atoms with Crippen LogP contribution in [0.25, 0.3) is 0 Å². The number of anilines is 1. The van der Waals surface area contributed by atoms with Crippen molar-refractivity contribution in [1.82, 2.24) is 0 Å². The van der Waals surface area contributed by atoms with Crippen LogP contribution in [0.3, 0.4) is 0 Å². The average molecular weight is 359 g/mol. The van der Waals surface area contributed by atoms with E-state index in [9.17, 15) is 13.8 Å². The zero-order valence-corrected chi connectivity index (χ0v) is 15.3. The van der Waals surface area contributed by atoms with Crippen LogP contribution in [0.5, 0.6) is 0 Å². The molecule has 0 aromatic heterocycles. The van der Waals surface area contributed by atoms with E-state index in [0.29, 0.717) is 16.3 Å². The first-order chi connectivity index (χ1) is 11.9. The summed E-state index contributed by atoms with van der Waals surface area (Å²) in [7, 11) is -1.28. The van der Waals surface area contributed by atoms with Gasteiger partial charge in [-0.1, -0.05) is 36.8 Å². The van der Waals surface area contributed by atoms with Crippen molar-refractivity contribution in [3.63, 3.8) is 0 Å². The molecule has 1 amide bonds. The van der Waals surface area contributed by atoms with Crippen molar-refractivity contribution in [2.24, 2.45) is 0 Å². The first kappa shape index (κ1) is 18.9. The van der Waals surface area contributed by atoms with Crippen LogP contribution in [0.15, 0.2) is 47.4 Å². The van der Waals surface area contributed by atoms with Gasteiger partial charge in [-0.3, -0.25) is 9.00 Å². The zero-order valence-electron chi connectivity index (χ0n) is 14.5. The molecule has 0 aliphatic carbocycles. The summed E-state index contributed by atoms with van der Waals surface area (Å²) in [6, 6.07) is 12.2. The molecule has 0 heterocycles. The molecule has 0 bridgehead atoms. The molecule has 5 nitrogen and oxygen atoms in total. The molecule has 2 aromatic rings. The van der Waals surface area contributed by atoms with Crippen LogP contribution in [0.4, 0.5) is 5.69 Å². The zero-order chi connectivity index (χ0) is 18.4. The second-order valence-electron chi connectivity index (χ2n) is 5.57. The smallest absolute Gasteiger partial charge is 0.339 e. The van der Waals surface area contributed by atoms with Crippen LogP contribution >= 0.6 is 0 Å². The Morgan fingerprint density at radius 2 is 1.84 bits per heavy atom. The van der Waals surface area contributed by atoms with Gasteiger partial charge in [0.25, 0.3) is 5.91 Å². The first-order valence-corrected chi connectivity index (χ1v) is 9.26. The van der Waals surface area contributed by atoms with E-state index in [1.165, 1.54) is 0 Å². The molecule has 6 heteroatoms. The standard InChI is InChI=1S/C19H21NO4S/c1-4-25(23)17-8-6-5-7-15(17)19(22)24-12-18(21)20-16-10-9-13(2)11-14(16)3/h5-11H,4,12H2,1-3H3,(H,20,21)/t25-/m0/s1. The predicted octanol–water partition coefficient (Wildman–Crippen LogP) is 3.23. The molecular weight excluding hydrogens is 338 g/mol. The molecular formula is C19H21NO4S. The monoisotopic (exact) mass is 359 g/mol. The van der Waals surface area contributed by atoms with Crippen molar-refractivity contribution in [3.05, 3.63) is 59.2 Å². The van der Waals surface area contributed by atoms with Crippen LogP contribution in [0.2, 0.25) is 0 Å². The lowest BCUT2D eigenvalue weighted by molar-refractivity contribution is -0.119. The van der Waals surface area contributed by atoms with Crippen LogP contribution in [-0.2, 0) is 20.3 Å². The minimum absolute atomic E-state index is 0.224. The van der Waals surface area contributed by atoms with Crippen LogP contribution in [0, 0.1) is 13.8 Å². The molecule has 0 fully saturated rings. The van der Waals surface area contributed by atoms with E-state index in [0.717, 1.165) is 11.1 Å². The summed E-state index contributed by atoms with van der Waals surface area (Å²) in [4.78, 5) is 24.7. The number of ether oxygens (including phenoxy) is 1. The highest BCUT2D eigenvalue weighted by Gasteiger charge is 2.17. The van der Waals surface area contributed by atoms with Gasteiger partial charge in [-0.15, -0.1) is 0 Å². The summed E-state index contributed by atoms with van der Waals surface area (Å²) in [6.45, 7) is 5.23. The molecule has 0 aliphatic heterocycles. The molecule has 0 aliphatic rings. The van der Waals surface area contributed by atoms with Crippen molar-refractivity contribution in [1.29, 1.82) is 0 Å². The predicted molar refractivity (Wildman–Crippen MR) is 98.2 cm³/mol. The first-order valence-electron chi connectivity index (χ1n) is 7.94. The van der Waals surface area contributed by atoms with Crippen molar-refractivity contribution in [2.45, 2.75) is 25.7 Å². The fourth-order valence-corrected chi connectivity index (χ4v) is 3.28. The van der Waals surface area contributed by atoms with Gasteiger partial charge in [-0.05, 0) is 37.6 Å². The number of esters is 1. The molecule has 0 unspecified atom stereocenters. The van der Waals surface area contributed by atoms with Gasteiger partial charge in [0.1, 0.15) is 0 Å². The molecule has 0 radical (unpaired) electrons. The summed E-state index contributed by atoms with van der Waals surface area (Å²) >= 11 is 0. The third-order valence-corrected chi connectivity index (χ3v) is 4.98. The summed E-state index contributed by atoms with van der Waals surface area (Å²) in [5.74, 6) is -0.681. The maximum absolute atomic E-state index is 12.2. The second-order valence-corrected chi connectivity index (χ2v) is 7.28. The summed E-state index contributed by atoms with van der Waals surface area (Å²) < 4.78 is 17.1. The number of carbonyl (C=O) groups is 2. The summed E-state index contributed by atoms with van der Waals surface area (Å²) in [6.07, 6.45) is 0. The lowest BCUT2D eigenvalue weighted by Crippen LogP contribution is -2.22. The van der Waals surface area contributed by atoms with Gasteiger partial charge in [0.05, 0.1) is 21.3 Å². The Bertz CT molecular complexity index is 817. The highest BCUT2D eigenvalue weighted by molar-refractivity contribution is 7.85. The van der Waals surface area contributed by atoms with E-state index in [4.69, 9.17) is 4.74 Å². The lowest BCUT2D eigenvalue weighted by Gasteiger charge is -2.11. The van der Waals surface area contributed by atoms with Crippen LogP contribution in [-0.4, -0.2) is 28.4 Å². The number of benzene rings is 2. The van der Waals surface area contributed by atoms with E-state index in [1.54, 1.807) is 31.2 Å². The summed E-state index contributed by atoms with van der Waals surface area (Å²) in [5, 5.41) is 2.72. The largest absolute Gasteiger partial charge is 0.452 e. The van der Waals surface area contributed by atoms with E-state index < -0.39 is 29.3 Å². The second kappa shape index (κ2) is 8.58. The van der Waals surface area contributed by atoms with E-state index in [-0.39, 0.29) is 5.56 Å². The number of aryl methyl sites for hydroxylation is 2.